The highest BCUT2D eigenvalue weighted by Gasteiger charge is 2.33. The lowest BCUT2D eigenvalue weighted by Gasteiger charge is -2.33. The highest BCUT2D eigenvalue weighted by molar-refractivity contribution is 7.92. The van der Waals surface area contributed by atoms with Crippen LogP contribution in [0.5, 0.6) is 0 Å². The zero-order valence-corrected chi connectivity index (χ0v) is 14.5. The van der Waals surface area contributed by atoms with Crippen molar-refractivity contribution < 1.29 is 18.3 Å². The number of aryl methyl sites for hydroxylation is 1. The fourth-order valence-corrected chi connectivity index (χ4v) is 4.98. The van der Waals surface area contributed by atoms with Gasteiger partial charge in [0.2, 0.25) is 5.91 Å². The number of benzene rings is 2. The lowest BCUT2D eigenvalue weighted by Crippen LogP contribution is -2.36. The largest absolute Gasteiger partial charge is 0.388 e. The van der Waals surface area contributed by atoms with Crippen molar-refractivity contribution in [2.75, 3.05) is 16.2 Å². The molecule has 0 saturated carbocycles. The minimum absolute atomic E-state index is 0.133. The lowest BCUT2D eigenvalue weighted by atomic mass is 9.99. The molecule has 1 amide bonds. The summed E-state index contributed by atoms with van der Waals surface area (Å²) in [4.78, 5) is 11.7. The molecular weight excluding hydrogens is 340 g/mol. The van der Waals surface area contributed by atoms with Crippen LogP contribution in [0.15, 0.2) is 41.3 Å². The van der Waals surface area contributed by atoms with Crippen molar-refractivity contribution in [1.29, 1.82) is 0 Å². The molecule has 4 rings (SSSR count). The Morgan fingerprint density at radius 2 is 2.00 bits per heavy atom. The monoisotopic (exact) mass is 358 g/mol. The molecule has 0 spiro atoms. The second kappa shape index (κ2) is 5.57. The van der Waals surface area contributed by atoms with Crippen LogP contribution < -0.4 is 9.62 Å². The molecule has 7 heteroatoms. The van der Waals surface area contributed by atoms with Crippen molar-refractivity contribution in [3.05, 3.63) is 53.1 Å². The number of amides is 1. The number of carbonyl (C=O) groups is 1. The van der Waals surface area contributed by atoms with Gasteiger partial charge < -0.3 is 10.4 Å². The fourth-order valence-electron chi connectivity index (χ4n) is 3.43. The maximum absolute atomic E-state index is 13.2. The first-order valence-corrected chi connectivity index (χ1v) is 9.54. The number of rotatable bonds is 2. The number of anilines is 2. The zero-order chi connectivity index (χ0) is 17.8. The molecular formula is C18H18N2O4S. The van der Waals surface area contributed by atoms with Crippen LogP contribution in [-0.2, 0) is 21.2 Å². The van der Waals surface area contributed by atoms with Gasteiger partial charge in [-0.2, -0.15) is 0 Å². The minimum atomic E-state index is -3.77. The van der Waals surface area contributed by atoms with Gasteiger partial charge >= 0.3 is 0 Å². The van der Waals surface area contributed by atoms with Crippen molar-refractivity contribution in [1.82, 2.24) is 0 Å². The van der Waals surface area contributed by atoms with E-state index in [1.807, 2.05) is 19.1 Å². The Morgan fingerprint density at radius 3 is 2.80 bits per heavy atom. The highest BCUT2D eigenvalue weighted by Crippen LogP contribution is 2.38. The summed E-state index contributed by atoms with van der Waals surface area (Å²) in [5.41, 5.74) is 3.47. The van der Waals surface area contributed by atoms with Crippen molar-refractivity contribution in [3.63, 3.8) is 0 Å². The molecule has 0 bridgehead atoms. The van der Waals surface area contributed by atoms with Crippen LogP contribution in [0.3, 0.4) is 0 Å². The van der Waals surface area contributed by atoms with E-state index in [1.165, 1.54) is 10.4 Å². The summed E-state index contributed by atoms with van der Waals surface area (Å²) in [7, 11) is -3.77. The van der Waals surface area contributed by atoms with Crippen molar-refractivity contribution in [3.8, 4) is 0 Å². The molecule has 0 fully saturated rings. The molecule has 1 unspecified atom stereocenters. The average molecular weight is 358 g/mol. The standard InChI is InChI=1S/C18H18N2O4S/c1-11-2-5-16-14(8-11)17(21)6-7-20(16)25(23,24)13-3-4-15-12(9-13)10-18(22)19-15/h2-5,8-9,17,21H,6-7,10H2,1H3,(H,19,22). The van der Waals surface area contributed by atoms with Gasteiger partial charge in [-0.1, -0.05) is 17.7 Å². The van der Waals surface area contributed by atoms with Crippen molar-refractivity contribution in [2.45, 2.75) is 30.8 Å². The Morgan fingerprint density at radius 1 is 1.20 bits per heavy atom. The summed E-state index contributed by atoms with van der Waals surface area (Å²) in [6.45, 7) is 2.12. The van der Waals surface area contributed by atoms with Crippen LogP contribution in [0.1, 0.15) is 29.2 Å². The van der Waals surface area contributed by atoms with Crippen LogP contribution in [-0.4, -0.2) is 26.0 Å². The van der Waals surface area contributed by atoms with E-state index < -0.39 is 16.1 Å². The predicted octanol–water partition coefficient (Wildman–Crippen LogP) is 2.12. The summed E-state index contributed by atoms with van der Waals surface area (Å²) in [6.07, 6.45) is -0.128. The van der Waals surface area contributed by atoms with Crippen LogP contribution in [0.2, 0.25) is 0 Å². The first-order valence-electron chi connectivity index (χ1n) is 8.10. The number of sulfonamides is 1. The van der Waals surface area contributed by atoms with Gasteiger partial charge in [-0.3, -0.25) is 9.10 Å². The molecule has 2 aliphatic rings. The van der Waals surface area contributed by atoms with Gasteiger partial charge in [-0.05, 0) is 43.2 Å². The summed E-state index contributed by atoms with van der Waals surface area (Å²) in [5, 5.41) is 12.9. The smallest absolute Gasteiger partial charge is 0.264 e. The summed E-state index contributed by atoms with van der Waals surface area (Å²) < 4.78 is 27.7. The summed E-state index contributed by atoms with van der Waals surface area (Å²) in [6, 6.07) is 10.1. The van der Waals surface area contributed by atoms with E-state index in [4.69, 9.17) is 0 Å². The van der Waals surface area contributed by atoms with E-state index >= 15 is 0 Å². The van der Waals surface area contributed by atoms with E-state index in [0.717, 1.165) is 5.56 Å². The normalized spacial score (nSPS) is 19.4. The molecule has 130 valence electrons. The molecule has 2 heterocycles. The average Bonchev–Trinajstić information content (AvgIpc) is 2.94. The summed E-state index contributed by atoms with van der Waals surface area (Å²) in [5.74, 6) is -0.133. The third-order valence-corrected chi connectivity index (χ3v) is 6.52. The Bertz CT molecular complexity index is 985. The first kappa shape index (κ1) is 16.1. The molecule has 1 atom stereocenters. The quantitative estimate of drug-likeness (QED) is 0.861. The number of aliphatic hydroxyl groups is 1. The Balaban J connectivity index is 1.79. The molecule has 0 saturated heterocycles. The minimum Gasteiger partial charge on any atom is -0.388 e. The number of hydrogen-bond donors (Lipinski definition) is 2. The van der Waals surface area contributed by atoms with Gasteiger partial charge in [-0.25, -0.2) is 8.42 Å². The van der Waals surface area contributed by atoms with Gasteiger partial charge in [0.1, 0.15) is 0 Å². The second-order valence-electron chi connectivity index (χ2n) is 6.49. The number of aliphatic hydroxyl groups excluding tert-OH is 1. The number of nitrogens with zero attached hydrogens (tertiary/aromatic N) is 1. The SMILES string of the molecule is Cc1ccc2c(c1)C(O)CCN2S(=O)(=O)c1ccc2c(c1)CC(=O)N2. The van der Waals surface area contributed by atoms with E-state index in [-0.39, 0.29) is 23.8 Å². The third-order valence-electron chi connectivity index (χ3n) is 4.71. The van der Waals surface area contributed by atoms with Gasteiger partial charge in [0.05, 0.1) is 23.1 Å². The van der Waals surface area contributed by atoms with Gasteiger partial charge in [0.15, 0.2) is 0 Å². The molecule has 2 N–H and O–H groups in total. The maximum Gasteiger partial charge on any atom is 0.264 e. The van der Waals surface area contributed by atoms with Gasteiger partial charge in [-0.15, -0.1) is 0 Å². The third kappa shape index (κ3) is 2.60. The fraction of sp³-hybridized carbons (Fsp3) is 0.278. The number of hydrogen-bond acceptors (Lipinski definition) is 4. The number of fused-ring (bicyclic) bond motifs is 2. The van der Waals surface area contributed by atoms with E-state index in [9.17, 15) is 18.3 Å². The van der Waals surface area contributed by atoms with Crippen LogP contribution in [0, 0.1) is 6.92 Å². The van der Waals surface area contributed by atoms with Crippen LogP contribution in [0.25, 0.3) is 0 Å². The first-order chi connectivity index (χ1) is 11.9. The highest BCUT2D eigenvalue weighted by atomic mass is 32.2. The van der Waals surface area contributed by atoms with Crippen LogP contribution >= 0.6 is 0 Å². The molecule has 0 aromatic heterocycles. The Kier molecular flexibility index (Phi) is 3.59. The Hall–Kier alpha value is -2.38. The molecule has 6 nitrogen and oxygen atoms in total. The predicted molar refractivity (Wildman–Crippen MR) is 94.1 cm³/mol. The van der Waals surface area contributed by atoms with Gasteiger partial charge in [0, 0.05) is 17.8 Å². The molecule has 0 radical (unpaired) electrons. The zero-order valence-electron chi connectivity index (χ0n) is 13.7. The van der Waals surface area contributed by atoms with E-state index in [2.05, 4.69) is 5.32 Å². The topological polar surface area (TPSA) is 86.7 Å². The van der Waals surface area contributed by atoms with E-state index in [0.29, 0.717) is 28.9 Å². The van der Waals surface area contributed by atoms with E-state index in [1.54, 1.807) is 18.2 Å². The number of nitrogens with one attached hydrogen (secondary N) is 1. The number of carbonyl (C=O) groups excluding carboxylic acids is 1. The van der Waals surface area contributed by atoms with Gasteiger partial charge in [0.25, 0.3) is 10.0 Å². The molecule has 0 aliphatic carbocycles. The molecule has 25 heavy (non-hydrogen) atoms. The molecule has 2 aromatic rings. The van der Waals surface area contributed by atoms with Crippen molar-refractivity contribution >= 4 is 27.3 Å². The summed E-state index contributed by atoms with van der Waals surface area (Å²) >= 11 is 0. The van der Waals surface area contributed by atoms with Crippen LogP contribution in [0.4, 0.5) is 11.4 Å². The molecule has 2 aromatic carbocycles. The van der Waals surface area contributed by atoms with Crippen molar-refractivity contribution in [2.24, 2.45) is 0 Å². The maximum atomic E-state index is 13.2. The second-order valence-corrected chi connectivity index (χ2v) is 8.35. The lowest BCUT2D eigenvalue weighted by molar-refractivity contribution is -0.115. The Labute approximate surface area is 146 Å². The molecule has 2 aliphatic heterocycles.